The number of hydrogen-bond acceptors (Lipinski definition) is 9. The number of aryl methyl sites for hydroxylation is 2. The van der Waals surface area contributed by atoms with Gasteiger partial charge in [-0.25, -0.2) is 9.97 Å². The third-order valence-electron chi connectivity index (χ3n) is 7.42. The van der Waals surface area contributed by atoms with Crippen molar-refractivity contribution in [3.8, 4) is 0 Å². The number of carbonyl (C=O) groups is 3. The van der Waals surface area contributed by atoms with E-state index in [-0.39, 0.29) is 47.6 Å². The van der Waals surface area contributed by atoms with E-state index in [2.05, 4.69) is 31.0 Å². The fraction of sp³-hybridized carbons (Fsp3) is 0.419. The van der Waals surface area contributed by atoms with Crippen molar-refractivity contribution < 1.29 is 18.8 Å². The molecule has 0 radical (unpaired) electrons. The normalized spacial score (nSPS) is 20.5. The first-order valence-electron chi connectivity index (χ1n) is 14.6. The number of carbonyl (C=O) groups excluding carboxylic acids is 3. The molecule has 0 fully saturated rings. The summed E-state index contributed by atoms with van der Waals surface area (Å²) in [5.41, 5.74) is 2.39. The Morgan fingerprint density at radius 3 is 2.52 bits per heavy atom. The van der Waals surface area contributed by atoms with E-state index in [4.69, 9.17) is 4.42 Å². The van der Waals surface area contributed by atoms with Crippen molar-refractivity contribution in [2.24, 2.45) is 13.0 Å². The van der Waals surface area contributed by atoms with E-state index in [0.717, 1.165) is 11.1 Å². The molecule has 0 saturated heterocycles. The summed E-state index contributed by atoms with van der Waals surface area (Å²) in [5, 5.41) is 15.7. The Hall–Kier alpha value is -4.36. The molecule has 44 heavy (non-hydrogen) atoms. The zero-order valence-corrected chi connectivity index (χ0v) is 26.4. The Labute approximate surface area is 260 Å². The van der Waals surface area contributed by atoms with Crippen molar-refractivity contribution in [2.75, 3.05) is 13.1 Å². The van der Waals surface area contributed by atoms with Crippen LogP contribution in [0.5, 0.6) is 0 Å². The molecule has 13 heteroatoms. The third-order valence-corrected chi connectivity index (χ3v) is 8.45. The molecule has 4 heterocycles. The molecule has 1 aromatic carbocycles. The second-order valence-electron chi connectivity index (χ2n) is 11.6. The highest BCUT2D eigenvalue weighted by Crippen LogP contribution is 2.25. The summed E-state index contributed by atoms with van der Waals surface area (Å²) in [6.07, 6.45) is 4.23. The van der Waals surface area contributed by atoms with Crippen LogP contribution in [0.4, 0.5) is 0 Å². The lowest BCUT2D eigenvalue weighted by Crippen LogP contribution is -2.48. The lowest BCUT2D eigenvalue weighted by atomic mass is 10.0. The van der Waals surface area contributed by atoms with Gasteiger partial charge in [0.15, 0.2) is 5.69 Å². The number of nitrogens with zero attached hydrogens (tertiary/aromatic N) is 5. The molecule has 3 amide bonds. The maximum Gasteiger partial charge on any atom is 0.274 e. The van der Waals surface area contributed by atoms with Gasteiger partial charge >= 0.3 is 0 Å². The summed E-state index contributed by atoms with van der Waals surface area (Å²) in [5.74, 6) is -0.429. The Morgan fingerprint density at radius 2 is 1.82 bits per heavy atom. The summed E-state index contributed by atoms with van der Waals surface area (Å²) < 4.78 is 7.65. The molecule has 3 atom stereocenters. The minimum absolute atomic E-state index is 0.0463. The molecular formula is C31H38N8O4S. The van der Waals surface area contributed by atoms with Crippen molar-refractivity contribution in [3.05, 3.63) is 87.3 Å². The summed E-state index contributed by atoms with van der Waals surface area (Å²) in [7, 11) is 1.84. The van der Waals surface area contributed by atoms with Gasteiger partial charge in [-0.3, -0.25) is 24.0 Å². The second-order valence-corrected chi connectivity index (χ2v) is 12.5. The van der Waals surface area contributed by atoms with Crippen LogP contribution >= 0.6 is 11.3 Å². The van der Waals surface area contributed by atoms with Crippen molar-refractivity contribution in [3.63, 3.8) is 0 Å². The Bertz CT molecular complexity index is 1610. The van der Waals surface area contributed by atoms with Crippen LogP contribution in [0.25, 0.3) is 0 Å². The first kappa shape index (κ1) is 31.1. The van der Waals surface area contributed by atoms with Crippen molar-refractivity contribution in [2.45, 2.75) is 58.8 Å². The molecule has 0 spiro atoms. The van der Waals surface area contributed by atoms with E-state index in [9.17, 15) is 14.4 Å². The van der Waals surface area contributed by atoms with Crippen LogP contribution < -0.4 is 16.0 Å². The average molecular weight is 619 g/mol. The SMILES string of the molecule is Cc1oc2nc1C(=O)N[C@H](C)c1nc(cs1)C(=O)N[C@H](Cc1ccccc1)CN(Cc1cnn(C)c1)CC(=O)N[C@H]2C(C)C. The number of nitrogens with one attached hydrogen (secondary N) is 3. The first-order chi connectivity index (χ1) is 21.0. The zero-order chi connectivity index (χ0) is 31.4. The number of benzene rings is 1. The van der Waals surface area contributed by atoms with Gasteiger partial charge in [-0.15, -0.1) is 11.3 Å². The van der Waals surface area contributed by atoms with E-state index >= 15 is 0 Å². The molecule has 3 N–H and O–H groups in total. The van der Waals surface area contributed by atoms with Crippen molar-refractivity contribution >= 4 is 29.1 Å². The van der Waals surface area contributed by atoms with Gasteiger partial charge in [-0.05, 0) is 31.7 Å². The molecule has 0 unspecified atom stereocenters. The smallest absolute Gasteiger partial charge is 0.274 e. The molecule has 0 saturated carbocycles. The predicted octanol–water partition coefficient (Wildman–Crippen LogP) is 3.33. The number of thiazole rings is 1. The molecule has 5 rings (SSSR count). The third kappa shape index (κ3) is 7.58. The topological polar surface area (TPSA) is 147 Å². The molecule has 1 aliphatic rings. The fourth-order valence-electron chi connectivity index (χ4n) is 5.24. The Kier molecular flexibility index (Phi) is 9.55. The second kappa shape index (κ2) is 13.5. The number of amides is 3. The van der Waals surface area contributed by atoms with E-state index in [0.29, 0.717) is 30.3 Å². The highest BCUT2D eigenvalue weighted by molar-refractivity contribution is 7.09. The highest BCUT2D eigenvalue weighted by Gasteiger charge is 2.29. The van der Waals surface area contributed by atoms with Crippen molar-refractivity contribution in [1.29, 1.82) is 0 Å². The number of hydrogen-bond donors (Lipinski definition) is 3. The van der Waals surface area contributed by atoms with Gasteiger partial charge in [0.2, 0.25) is 11.8 Å². The highest BCUT2D eigenvalue weighted by atomic mass is 32.1. The summed E-state index contributed by atoms with van der Waals surface area (Å²) >= 11 is 1.30. The molecule has 3 aromatic heterocycles. The van der Waals surface area contributed by atoms with Gasteiger partial charge in [0, 0.05) is 43.3 Å². The van der Waals surface area contributed by atoms with Gasteiger partial charge in [0.1, 0.15) is 22.5 Å². The lowest BCUT2D eigenvalue weighted by molar-refractivity contribution is -0.123. The van der Waals surface area contributed by atoms with Crippen molar-refractivity contribution in [1.82, 2.24) is 40.6 Å². The monoisotopic (exact) mass is 618 g/mol. The molecule has 12 nitrogen and oxygen atoms in total. The molecule has 4 bridgehead atoms. The minimum Gasteiger partial charge on any atom is -0.443 e. The standard InChI is InChI=1S/C31H38N8O4S/c1-18(2)26-30-37-27(20(4)43-30)29(42)33-19(3)31-35-24(17-44-31)28(41)34-23(11-21-9-7-6-8-10-21)15-39(16-25(40)36-26)14-22-12-32-38(5)13-22/h6-10,12-13,17-19,23,26H,11,14-16H2,1-5H3,(H,33,42)(H,34,41)(H,36,40)/t19-,23-,26+/m1/s1. The fourth-order valence-corrected chi connectivity index (χ4v) is 6.05. The van der Waals surface area contributed by atoms with Crippen LogP contribution in [-0.2, 0) is 24.8 Å². The number of oxazole rings is 1. The quantitative estimate of drug-likeness (QED) is 0.309. The van der Waals surface area contributed by atoms with Gasteiger partial charge in [0.05, 0.1) is 18.8 Å². The Morgan fingerprint density at radius 1 is 1.05 bits per heavy atom. The Balaban J connectivity index is 1.51. The van der Waals surface area contributed by atoms with Gasteiger partial charge in [-0.2, -0.15) is 5.10 Å². The maximum absolute atomic E-state index is 13.6. The van der Waals surface area contributed by atoms with Crippen LogP contribution in [0.1, 0.15) is 81.6 Å². The number of rotatable bonds is 5. The largest absolute Gasteiger partial charge is 0.443 e. The zero-order valence-electron chi connectivity index (χ0n) is 25.5. The van der Waals surface area contributed by atoms with E-state index < -0.39 is 18.0 Å². The van der Waals surface area contributed by atoms with Gasteiger partial charge < -0.3 is 20.4 Å². The molecular weight excluding hydrogens is 580 g/mol. The number of aromatic nitrogens is 4. The molecule has 4 aromatic rings. The van der Waals surface area contributed by atoms with Crippen LogP contribution in [0, 0.1) is 12.8 Å². The van der Waals surface area contributed by atoms with E-state index in [1.165, 1.54) is 11.3 Å². The minimum atomic E-state index is -0.555. The van der Waals surface area contributed by atoms with Crippen LogP contribution in [0.3, 0.4) is 0 Å². The molecule has 0 aliphatic carbocycles. The summed E-state index contributed by atoms with van der Waals surface area (Å²) in [6, 6.07) is 8.54. The summed E-state index contributed by atoms with van der Waals surface area (Å²) in [6.45, 7) is 8.26. The molecule has 232 valence electrons. The van der Waals surface area contributed by atoms with Gasteiger partial charge in [-0.1, -0.05) is 44.2 Å². The first-order valence-corrected chi connectivity index (χ1v) is 15.5. The van der Waals surface area contributed by atoms with Gasteiger partial charge in [0.25, 0.3) is 11.8 Å². The van der Waals surface area contributed by atoms with E-state index in [1.807, 2.05) is 62.3 Å². The van der Waals surface area contributed by atoms with Crippen LogP contribution in [0.15, 0.2) is 52.5 Å². The van der Waals surface area contributed by atoms with Crippen LogP contribution in [0.2, 0.25) is 0 Å². The predicted molar refractivity (Wildman–Crippen MR) is 165 cm³/mol. The molecule has 1 aliphatic heterocycles. The lowest BCUT2D eigenvalue weighted by Gasteiger charge is -2.28. The van der Waals surface area contributed by atoms with Crippen LogP contribution in [-0.4, -0.2) is 61.5 Å². The maximum atomic E-state index is 13.6. The summed E-state index contributed by atoms with van der Waals surface area (Å²) in [4.78, 5) is 51.3. The number of fused-ring (bicyclic) bond motifs is 4. The van der Waals surface area contributed by atoms with E-state index in [1.54, 1.807) is 30.1 Å². The average Bonchev–Trinajstić information content (AvgIpc) is 3.71.